The van der Waals surface area contributed by atoms with Crippen LogP contribution in [0.1, 0.15) is 39.2 Å². The maximum atomic E-state index is 13.1. The highest BCUT2D eigenvalue weighted by Gasteiger charge is 2.41. The molecule has 1 aromatic carbocycles. The first-order valence-corrected chi connectivity index (χ1v) is 10.0. The summed E-state index contributed by atoms with van der Waals surface area (Å²) in [5.74, 6) is 0. The third-order valence-corrected chi connectivity index (χ3v) is 6.70. The molecular formula is C21H32N4O. The zero-order valence-corrected chi connectivity index (χ0v) is 16.5. The molecule has 26 heavy (non-hydrogen) atoms. The van der Waals surface area contributed by atoms with Crippen LogP contribution in [0, 0.1) is 0 Å². The lowest BCUT2D eigenvalue weighted by Gasteiger charge is -2.50. The summed E-state index contributed by atoms with van der Waals surface area (Å²) in [5, 5.41) is 3.36. The predicted octanol–water partition coefficient (Wildman–Crippen LogP) is 2.66. The second-order valence-corrected chi connectivity index (χ2v) is 8.93. The van der Waals surface area contributed by atoms with E-state index in [1.165, 1.54) is 5.56 Å². The average Bonchev–Trinajstić information content (AvgIpc) is 2.88. The zero-order valence-electron chi connectivity index (χ0n) is 16.5. The largest absolute Gasteiger partial charge is 0.335 e. The number of likely N-dealkylation sites (tertiary alicyclic amines) is 1. The number of nitrogens with zero attached hydrogens (tertiary/aromatic N) is 3. The van der Waals surface area contributed by atoms with Crippen LogP contribution in [0.25, 0.3) is 0 Å². The predicted molar refractivity (Wildman–Crippen MR) is 106 cm³/mol. The normalized spacial score (nSPS) is 30.9. The summed E-state index contributed by atoms with van der Waals surface area (Å²) in [6.45, 7) is 10.8. The highest BCUT2D eigenvalue weighted by Crippen LogP contribution is 2.40. The van der Waals surface area contributed by atoms with Crippen LogP contribution in [-0.2, 0) is 5.41 Å². The smallest absolute Gasteiger partial charge is 0.322 e. The van der Waals surface area contributed by atoms with Crippen molar-refractivity contribution in [2.24, 2.45) is 0 Å². The van der Waals surface area contributed by atoms with Gasteiger partial charge in [0.2, 0.25) is 0 Å². The molecule has 1 N–H and O–H groups in total. The number of para-hydroxylation sites is 1. The Balaban J connectivity index is 1.45. The van der Waals surface area contributed by atoms with E-state index in [1.54, 1.807) is 0 Å². The number of carbonyl (C=O) groups is 1. The van der Waals surface area contributed by atoms with Crippen molar-refractivity contribution in [1.29, 1.82) is 0 Å². The minimum absolute atomic E-state index is 0.0127. The number of piperazine rings is 1. The molecule has 4 rings (SSSR count). The minimum atomic E-state index is 0.0127. The van der Waals surface area contributed by atoms with Gasteiger partial charge in [0.15, 0.2) is 0 Å². The summed E-state index contributed by atoms with van der Waals surface area (Å²) in [7, 11) is 2.25. The Morgan fingerprint density at radius 3 is 2.50 bits per heavy atom. The van der Waals surface area contributed by atoms with Crippen molar-refractivity contribution in [2.75, 3.05) is 38.1 Å². The first-order valence-electron chi connectivity index (χ1n) is 10.0. The Morgan fingerprint density at radius 2 is 1.85 bits per heavy atom. The first-order chi connectivity index (χ1) is 12.4. The van der Waals surface area contributed by atoms with Crippen LogP contribution in [0.15, 0.2) is 24.3 Å². The third-order valence-electron chi connectivity index (χ3n) is 6.70. The van der Waals surface area contributed by atoms with Crippen molar-refractivity contribution in [1.82, 2.24) is 15.1 Å². The van der Waals surface area contributed by atoms with Crippen molar-refractivity contribution in [3.8, 4) is 0 Å². The summed E-state index contributed by atoms with van der Waals surface area (Å²) in [4.78, 5) is 20.1. The number of benzene rings is 1. The van der Waals surface area contributed by atoms with E-state index in [-0.39, 0.29) is 17.5 Å². The molecule has 1 aromatic rings. The van der Waals surface area contributed by atoms with Gasteiger partial charge in [-0.1, -0.05) is 39.0 Å². The molecule has 5 heteroatoms. The topological polar surface area (TPSA) is 38.8 Å². The number of hydrogen-bond donors (Lipinski definition) is 1. The lowest BCUT2D eigenvalue weighted by atomic mass is 9.87. The summed E-state index contributed by atoms with van der Waals surface area (Å²) >= 11 is 0. The highest BCUT2D eigenvalue weighted by molar-refractivity contribution is 5.95. The van der Waals surface area contributed by atoms with Crippen LogP contribution in [0.4, 0.5) is 10.5 Å². The van der Waals surface area contributed by atoms with Crippen LogP contribution < -0.4 is 10.2 Å². The van der Waals surface area contributed by atoms with Gasteiger partial charge in [-0.2, -0.15) is 0 Å². The fourth-order valence-corrected chi connectivity index (χ4v) is 5.12. The van der Waals surface area contributed by atoms with Gasteiger partial charge in [0.25, 0.3) is 0 Å². The summed E-state index contributed by atoms with van der Waals surface area (Å²) in [6.07, 6.45) is 2.10. The summed E-state index contributed by atoms with van der Waals surface area (Å²) in [6, 6.07) is 9.78. The van der Waals surface area contributed by atoms with Crippen LogP contribution in [0.2, 0.25) is 0 Å². The number of rotatable bonds is 2. The van der Waals surface area contributed by atoms with Crippen LogP contribution in [-0.4, -0.2) is 67.2 Å². The number of amides is 2. The molecule has 2 atom stereocenters. The number of hydrogen-bond acceptors (Lipinski definition) is 3. The lowest BCUT2D eigenvalue weighted by molar-refractivity contribution is 0.00155. The van der Waals surface area contributed by atoms with E-state index in [9.17, 15) is 4.79 Å². The highest BCUT2D eigenvalue weighted by atomic mass is 16.2. The van der Waals surface area contributed by atoms with E-state index in [4.69, 9.17) is 0 Å². The molecule has 0 aliphatic carbocycles. The van der Waals surface area contributed by atoms with Gasteiger partial charge >= 0.3 is 6.03 Å². The lowest BCUT2D eigenvalue weighted by Crippen LogP contribution is -2.64. The molecule has 2 bridgehead atoms. The number of piperidine rings is 1. The second kappa shape index (κ2) is 6.54. The number of urea groups is 1. The molecule has 0 aromatic heterocycles. The maximum Gasteiger partial charge on any atom is 0.322 e. The molecule has 2 fully saturated rings. The molecule has 142 valence electrons. The van der Waals surface area contributed by atoms with E-state index in [0.29, 0.717) is 12.1 Å². The van der Waals surface area contributed by atoms with E-state index in [1.807, 2.05) is 11.0 Å². The molecule has 3 heterocycles. The first kappa shape index (κ1) is 17.8. The number of anilines is 1. The standard InChI is InChI=1S/C21H32N4O/c1-5-24-12-16-10-15(11-17(13-24)23(16)4)22-20(26)25-14-21(2,3)18-8-6-7-9-19(18)25/h6-9,15-17H,5,10-14H2,1-4H3,(H,22,26). The van der Waals surface area contributed by atoms with E-state index < -0.39 is 0 Å². The van der Waals surface area contributed by atoms with Crippen LogP contribution in [0.5, 0.6) is 0 Å². The van der Waals surface area contributed by atoms with Gasteiger partial charge in [-0.05, 0) is 38.1 Å². The SMILES string of the molecule is CCN1CC2CC(NC(=O)N3CC(C)(C)c4ccccc43)CC(C1)N2C. The molecule has 0 radical (unpaired) electrons. The maximum absolute atomic E-state index is 13.1. The Morgan fingerprint density at radius 1 is 1.19 bits per heavy atom. The van der Waals surface area contributed by atoms with Gasteiger partial charge in [0, 0.05) is 48.9 Å². The molecular weight excluding hydrogens is 324 g/mol. The Hall–Kier alpha value is -1.59. The number of likely N-dealkylation sites (N-methyl/N-ethyl adjacent to an activating group) is 2. The van der Waals surface area contributed by atoms with Crippen molar-refractivity contribution in [3.63, 3.8) is 0 Å². The van der Waals surface area contributed by atoms with Gasteiger partial charge in [-0.3, -0.25) is 9.80 Å². The summed E-state index contributed by atoms with van der Waals surface area (Å²) in [5.41, 5.74) is 2.35. The number of carbonyl (C=O) groups excluding carboxylic acids is 1. The molecule has 3 aliphatic heterocycles. The summed E-state index contributed by atoms with van der Waals surface area (Å²) < 4.78 is 0. The van der Waals surface area contributed by atoms with Crippen molar-refractivity contribution in [2.45, 2.75) is 57.2 Å². The quantitative estimate of drug-likeness (QED) is 0.885. The van der Waals surface area contributed by atoms with Crippen LogP contribution >= 0.6 is 0 Å². The van der Waals surface area contributed by atoms with Gasteiger partial charge in [-0.15, -0.1) is 0 Å². The molecule has 2 unspecified atom stereocenters. The fourth-order valence-electron chi connectivity index (χ4n) is 5.12. The van der Waals surface area contributed by atoms with Gasteiger partial charge < -0.3 is 10.2 Å². The fraction of sp³-hybridized carbons (Fsp3) is 0.667. The van der Waals surface area contributed by atoms with Crippen molar-refractivity contribution >= 4 is 11.7 Å². The van der Waals surface area contributed by atoms with Gasteiger partial charge in [-0.25, -0.2) is 4.79 Å². The van der Waals surface area contributed by atoms with Gasteiger partial charge in [0.05, 0.1) is 0 Å². The van der Waals surface area contributed by atoms with Crippen molar-refractivity contribution in [3.05, 3.63) is 29.8 Å². The van der Waals surface area contributed by atoms with Crippen molar-refractivity contribution < 1.29 is 4.79 Å². The monoisotopic (exact) mass is 356 g/mol. The number of nitrogens with one attached hydrogen (secondary N) is 1. The second-order valence-electron chi connectivity index (χ2n) is 8.93. The van der Waals surface area contributed by atoms with Crippen LogP contribution in [0.3, 0.4) is 0 Å². The van der Waals surface area contributed by atoms with Gasteiger partial charge in [0.1, 0.15) is 0 Å². The Bertz CT molecular complexity index is 672. The zero-order chi connectivity index (χ0) is 18.5. The molecule has 2 amide bonds. The molecule has 2 saturated heterocycles. The molecule has 0 saturated carbocycles. The number of fused-ring (bicyclic) bond motifs is 3. The third kappa shape index (κ3) is 3.01. The Labute approximate surface area is 157 Å². The Kier molecular flexibility index (Phi) is 4.48. The van der Waals surface area contributed by atoms with E-state index >= 15 is 0 Å². The minimum Gasteiger partial charge on any atom is -0.335 e. The molecule has 0 spiro atoms. The average molecular weight is 357 g/mol. The van der Waals surface area contributed by atoms with E-state index in [2.05, 4.69) is 61.1 Å². The van der Waals surface area contributed by atoms with E-state index in [0.717, 1.165) is 44.7 Å². The molecule has 5 nitrogen and oxygen atoms in total. The molecule has 3 aliphatic rings.